The van der Waals surface area contributed by atoms with E-state index in [0.29, 0.717) is 12.8 Å². The number of hydrogen-bond donors (Lipinski definition) is 0. The molecule has 116 valence electrons. The number of halogens is 2. The number of allylic oxidation sites excluding steroid dienone is 1. The molecule has 4 rings (SSSR count). The first-order valence-corrected chi connectivity index (χ1v) is 7.89. The largest absolute Gasteiger partial charge is 0.299 e. The highest BCUT2D eigenvalue weighted by Gasteiger charge is 2.30. The summed E-state index contributed by atoms with van der Waals surface area (Å²) < 4.78 is 26.8. The lowest BCUT2D eigenvalue weighted by atomic mass is 9.75. The van der Waals surface area contributed by atoms with Crippen molar-refractivity contribution in [3.05, 3.63) is 75.9 Å². The zero-order valence-corrected chi connectivity index (χ0v) is 12.6. The molecule has 1 nitrogen and oxygen atoms in total. The van der Waals surface area contributed by atoms with E-state index in [0.717, 1.165) is 40.7 Å². The van der Waals surface area contributed by atoms with E-state index >= 15 is 0 Å². The minimum atomic E-state index is -0.254. The number of benzene rings is 2. The van der Waals surface area contributed by atoms with E-state index in [2.05, 4.69) is 0 Å². The molecule has 0 radical (unpaired) electrons. The number of rotatable bonds is 1. The Morgan fingerprint density at radius 3 is 2.43 bits per heavy atom. The number of hydrogen-bond acceptors (Lipinski definition) is 1. The van der Waals surface area contributed by atoms with Crippen molar-refractivity contribution >= 4 is 11.9 Å². The van der Waals surface area contributed by atoms with E-state index in [-0.39, 0.29) is 23.3 Å². The fourth-order valence-electron chi connectivity index (χ4n) is 3.70. The summed E-state index contributed by atoms with van der Waals surface area (Å²) in [5.41, 5.74) is 4.94. The van der Waals surface area contributed by atoms with Crippen LogP contribution in [0.3, 0.4) is 0 Å². The minimum Gasteiger partial charge on any atom is -0.299 e. The van der Waals surface area contributed by atoms with Gasteiger partial charge in [-0.15, -0.1) is 0 Å². The lowest BCUT2D eigenvalue weighted by Gasteiger charge is -2.28. The van der Waals surface area contributed by atoms with Gasteiger partial charge in [0, 0.05) is 12.3 Å². The second kappa shape index (κ2) is 5.41. The van der Waals surface area contributed by atoms with E-state index in [1.807, 2.05) is 6.08 Å². The van der Waals surface area contributed by atoms with E-state index in [9.17, 15) is 13.6 Å². The van der Waals surface area contributed by atoms with Crippen molar-refractivity contribution in [2.45, 2.75) is 25.7 Å². The molecule has 0 saturated carbocycles. The lowest BCUT2D eigenvalue weighted by Crippen LogP contribution is -2.28. The lowest BCUT2D eigenvalue weighted by molar-refractivity contribution is -0.121. The monoisotopic (exact) mass is 310 g/mol. The Bertz CT molecular complexity index is 836. The van der Waals surface area contributed by atoms with Crippen molar-refractivity contribution in [3.8, 4) is 0 Å². The molecule has 1 unspecified atom stereocenters. The first-order chi connectivity index (χ1) is 11.1. The van der Waals surface area contributed by atoms with E-state index in [1.165, 1.54) is 12.1 Å². The summed E-state index contributed by atoms with van der Waals surface area (Å²) >= 11 is 0. The normalized spacial score (nSPS) is 19.8. The van der Waals surface area contributed by atoms with Gasteiger partial charge in [-0.25, -0.2) is 8.78 Å². The van der Waals surface area contributed by atoms with Gasteiger partial charge in [0.1, 0.15) is 17.4 Å². The van der Waals surface area contributed by atoms with Crippen molar-refractivity contribution in [1.82, 2.24) is 0 Å². The third-order valence-electron chi connectivity index (χ3n) is 4.92. The van der Waals surface area contributed by atoms with E-state index < -0.39 is 0 Å². The van der Waals surface area contributed by atoms with Crippen LogP contribution in [-0.4, -0.2) is 5.78 Å². The maximum atomic E-state index is 13.5. The molecule has 0 amide bonds. The van der Waals surface area contributed by atoms with Crippen LogP contribution in [0.1, 0.15) is 28.7 Å². The number of fused-ring (bicyclic) bond motifs is 2. The fourth-order valence-corrected chi connectivity index (χ4v) is 3.70. The highest BCUT2D eigenvalue weighted by atomic mass is 19.1. The van der Waals surface area contributed by atoms with Crippen LogP contribution in [-0.2, 0) is 24.1 Å². The maximum Gasteiger partial charge on any atom is 0.144 e. The Morgan fingerprint density at radius 1 is 0.870 bits per heavy atom. The van der Waals surface area contributed by atoms with Gasteiger partial charge in [-0.2, -0.15) is 0 Å². The summed E-state index contributed by atoms with van der Waals surface area (Å²) in [6.45, 7) is 0. The van der Waals surface area contributed by atoms with Gasteiger partial charge in [0.2, 0.25) is 0 Å². The molecular formula is C20H16F2O. The van der Waals surface area contributed by atoms with Gasteiger partial charge in [-0.3, -0.25) is 4.79 Å². The molecule has 2 aromatic rings. The molecule has 3 heteroatoms. The molecule has 0 heterocycles. The predicted molar refractivity (Wildman–Crippen MR) is 85.0 cm³/mol. The third-order valence-corrected chi connectivity index (χ3v) is 4.92. The molecule has 0 saturated heterocycles. The standard InChI is InChI=1S/C20H16F2O/c21-17-5-3-12-7-15(2-1-13(12)8-17)19-10-16-9-18(22)6-4-14(16)11-20(19)23/h3-9,19H,1-2,10-11H2. The van der Waals surface area contributed by atoms with Crippen LogP contribution in [0, 0.1) is 17.6 Å². The molecule has 2 aliphatic carbocycles. The summed E-state index contributed by atoms with van der Waals surface area (Å²) in [7, 11) is 0. The highest BCUT2D eigenvalue weighted by Crippen LogP contribution is 2.34. The zero-order valence-electron chi connectivity index (χ0n) is 12.6. The Morgan fingerprint density at radius 2 is 1.61 bits per heavy atom. The second-order valence-electron chi connectivity index (χ2n) is 6.38. The van der Waals surface area contributed by atoms with Crippen LogP contribution in [0.2, 0.25) is 0 Å². The highest BCUT2D eigenvalue weighted by molar-refractivity contribution is 5.89. The van der Waals surface area contributed by atoms with Crippen molar-refractivity contribution in [3.63, 3.8) is 0 Å². The predicted octanol–water partition coefficient (Wildman–Crippen LogP) is 4.28. The summed E-state index contributed by atoms with van der Waals surface area (Å²) in [4.78, 5) is 12.5. The van der Waals surface area contributed by atoms with Gasteiger partial charge in [-0.05, 0) is 65.8 Å². The first kappa shape index (κ1) is 14.3. The molecule has 0 spiro atoms. The van der Waals surface area contributed by atoms with E-state index in [4.69, 9.17) is 0 Å². The molecule has 0 bridgehead atoms. The molecule has 2 aliphatic rings. The molecule has 1 atom stereocenters. The topological polar surface area (TPSA) is 17.1 Å². The number of aryl methyl sites for hydroxylation is 1. The summed E-state index contributed by atoms with van der Waals surface area (Å²) in [6, 6.07) is 9.46. The van der Waals surface area contributed by atoms with Gasteiger partial charge in [0.05, 0.1) is 0 Å². The SMILES string of the molecule is O=C1Cc2ccc(F)cc2CC1C1=Cc2ccc(F)cc2CC1. The number of carbonyl (C=O) groups is 1. The van der Waals surface area contributed by atoms with Crippen LogP contribution in [0.15, 0.2) is 42.0 Å². The molecule has 0 aromatic heterocycles. The average molecular weight is 310 g/mol. The molecule has 2 aromatic carbocycles. The minimum absolute atomic E-state index is 0.178. The number of carbonyl (C=O) groups excluding carboxylic acids is 1. The van der Waals surface area contributed by atoms with Crippen LogP contribution in [0.4, 0.5) is 8.78 Å². The number of Topliss-reactive ketones (excluding diaryl/α,β-unsaturated/α-hetero) is 1. The quantitative estimate of drug-likeness (QED) is 0.768. The third kappa shape index (κ3) is 2.61. The maximum absolute atomic E-state index is 13.5. The smallest absolute Gasteiger partial charge is 0.144 e. The molecule has 23 heavy (non-hydrogen) atoms. The Balaban J connectivity index is 1.68. The van der Waals surface area contributed by atoms with Crippen molar-refractivity contribution in [1.29, 1.82) is 0 Å². The van der Waals surface area contributed by atoms with Gasteiger partial charge in [0.15, 0.2) is 0 Å². The van der Waals surface area contributed by atoms with Gasteiger partial charge < -0.3 is 0 Å². The van der Waals surface area contributed by atoms with Crippen LogP contribution >= 0.6 is 0 Å². The Kier molecular flexibility index (Phi) is 3.37. The van der Waals surface area contributed by atoms with Crippen molar-refractivity contribution in [2.75, 3.05) is 0 Å². The fraction of sp³-hybridized carbons (Fsp3) is 0.250. The van der Waals surface area contributed by atoms with Crippen LogP contribution < -0.4 is 0 Å². The second-order valence-corrected chi connectivity index (χ2v) is 6.38. The van der Waals surface area contributed by atoms with Crippen LogP contribution in [0.5, 0.6) is 0 Å². The van der Waals surface area contributed by atoms with Gasteiger partial charge in [-0.1, -0.05) is 23.8 Å². The van der Waals surface area contributed by atoms with Gasteiger partial charge in [0.25, 0.3) is 0 Å². The summed E-state index contributed by atoms with van der Waals surface area (Å²) in [5.74, 6) is -0.461. The first-order valence-electron chi connectivity index (χ1n) is 7.89. The van der Waals surface area contributed by atoms with Crippen molar-refractivity contribution < 1.29 is 13.6 Å². The Labute approximate surface area is 133 Å². The molecule has 0 fully saturated rings. The Hall–Kier alpha value is -2.29. The van der Waals surface area contributed by atoms with Gasteiger partial charge >= 0.3 is 0 Å². The molecular weight excluding hydrogens is 294 g/mol. The number of ketones is 1. The summed E-state index contributed by atoms with van der Waals surface area (Å²) in [5, 5.41) is 0. The zero-order chi connectivity index (χ0) is 16.0. The molecule has 0 aliphatic heterocycles. The molecule has 0 N–H and O–H groups in total. The van der Waals surface area contributed by atoms with Crippen LogP contribution in [0.25, 0.3) is 6.08 Å². The van der Waals surface area contributed by atoms with E-state index in [1.54, 1.807) is 24.3 Å². The van der Waals surface area contributed by atoms with Crippen molar-refractivity contribution in [2.24, 2.45) is 5.92 Å². The summed E-state index contributed by atoms with van der Waals surface area (Å²) in [6.07, 6.45) is 4.46. The average Bonchev–Trinajstić information content (AvgIpc) is 2.54.